The monoisotopic (exact) mass is 240 g/mol. The van der Waals surface area contributed by atoms with Gasteiger partial charge in [-0.05, 0) is 18.2 Å². The lowest BCUT2D eigenvalue weighted by Gasteiger charge is -2.08. The van der Waals surface area contributed by atoms with E-state index in [-0.39, 0.29) is 5.88 Å². The minimum absolute atomic E-state index is 0.118. The van der Waals surface area contributed by atoms with Crippen molar-refractivity contribution in [3.8, 4) is 11.6 Å². The summed E-state index contributed by atoms with van der Waals surface area (Å²) >= 11 is 0. The van der Waals surface area contributed by atoms with Crippen LogP contribution < -0.4 is 4.74 Å². The van der Waals surface area contributed by atoms with Crippen LogP contribution in [0.25, 0.3) is 0 Å². The number of rotatable bonds is 2. The Bertz CT molecular complexity index is 500. The van der Waals surface area contributed by atoms with Gasteiger partial charge in [0.25, 0.3) is 0 Å². The van der Waals surface area contributed by atoms with E-state index in [9.17, 15) is 13.2 Å². The molecule has 88 valence electrons. The third-order valence-corrected chi connectivity index (χ3v) is 1.92. The lowest BCUT2D eigenvalue weighted by atomic mass is 10.2. The van der Waals surface area contributed by atoms with Gasteiger partial charge >= 0.3 is 6.18 Å². The van der Waals surface area contributed by atoms with Crippen LogP contribution in [0.2, 0.25) is 0 Å². The summed E-state index contributed by atoms with van der Waals surface area (Å²) in [5, 5.41) is 0. The van der Waals surface area contributed by atoms with E-state index in [1.165, 1.54) is 12.4 Å². The van der Waals surface area contributed by atoms with Gasteiger partial charge in [-0.25, -0.2) is 4.98 Å². The molecule has 0 N–H and O–H groups in total. The first-order chi connectivity index (χ1) is 8.05. The molecule has 0 fully saturated rings. The minimum Gasteiger partial charge on any atom is -0.437 e. The van der Waals surface area contributed by atoms with Crippen molar-refractivity contribution in [3.63, 3.8) is 0 Å². The van der Waals surface area contributed by atoms with Crippen molar-refractivity contribution in [2.45, 2.75) is 6.18 Å². The first-order valence-electron chi connectivity index (χ1n) is 4.67. The summed E-state index contributed by atoms with van der Waals surface area (Å²) in [5.74, 6) is 0.215. The van der Waals surface area contributed by atoms with Gasteiger partial charge in [-0.15, -0.1) is 0 Å². The number of pyridine rings is 2. The highest BCUT2D eigenvalue weighted by Gasteiger charge is 2.30. The number of hydrogen-bond donors (Lipinski definition) is 0. The second-order valence-corrected chi connectivity index (χ2v) is 3.17. The van der Waals surface area contributed by atoms with Crippen LogP contribution in [-0.4, -0.2) is 9.97 Å². The zero-order valence-electron chi connectivity index (χ0n) is 8.48. The van der Waals surface area contributed by atoms with Crippen molar-refractivity contribution in [2.24, 2.45) is 0 Å². The second-order valence-electron chi connectivity index (χ2n) is 3.17. The quantitative estimate of drug-likeness (QED) is 0.807. The number of halogens is 3. The Morgan fingerprint density at radius 2 is 1.94 bits per heavy atom. The molecular formula is C11H7F3N2O. The first-order valence-corrected chi connectivity index (χ1v) is 4.67. The number of ether oxygens (including phenoxy) is 1. The largest absolute Gasteiger partial charge is 0.437 e. The lowest BCUT2D eigenvalue weighted by Crippen LogP contribution is -2.05. The van der Waals surface area contributed by atoms with E-state index in [0.29, 0.717) is 5.75 Å². The molecule has 0 aliphatic rings. The zero-order valence-corrected chi connectivity index (χ0v) is 8.48. The summed E-state index contributed by atoms with van der Waals surface area (Å²) in [6.07, 6.45) is -0.432. The molecule has 0 aromatic carbocycles. The number of aromatic nitrogens is 2. The van der Waals surface area contributed by atoms with Crippen LogP contribution in [0.1, 0.15) is 5.56 Å². The molecule has 0 atom stereocenters. The molecule has 2 aromatic rings. The third-order valence-electron chi connectivity index (χ3n) is 1.92. The molecule has 0 saturated heterocycles. The predicted octanol–water partition coefficient (Wildman–Crippen LogP) is 3.29. The van der Waals surface area contributed by atoms with E-state index < -0.39 is 11.7 Å². The molecule has 0 aliphatic heterocycles. The molecule has 0 radical (unpaired) electrons. The lowest BCUT2D eigenvalue weighted by molar-refractivity contribution is -0.137. The van der Waals surface area contributed by atoms with Crippen molar-refractivity contribution < 1.29 is 17.9 Å². The Kier molecular flexibility index (Phi) is 2.95. The molecule has 3 nitrogen and oxygen atoms in total. The fourth-order valence-corrected chi connectivity index (χ4v) is 1.17. The maximum Gasteiger partial charge on any atom is 0.416 e. The SMILES string of the molecule is FC(F)(F)c1ccnc(Oc2cccnc2)c1. The molecule has 2 aromatic heterocycles. The summed E-state index contributed by atoms with van der Waals surface area (Å²) in [6, 6.07) is 4.92. The highest BCUT2D eigenvalue weighted by Crippen LogP contribution is 2.31. The molecular weight excluding hydrogens is 233 g/mol. The van der Waals surface area contributed by atoms with E-state index in [4.69, 9.17) is 4.74 Å². The first kappa shape index (κ1) is 11.4. The van der Waals surface area contributed by atoms with E-state index in [1.54, 1.807) is 12.1 Å². The number of alkyl halides is 3. The van der Waals surface area contributed by atoms with Gasteiger partial charge in [0, 0.05) is 18.5 Å². The van der Waals surface area contributed by atoms with Crippen molar-refractivity contribution >= 4 is 0 Å². The summed E-state index contributed by atoms with van der Waals surface area (Å²) in [5.41, 5.74) is -0.800. The van der Waals surface area contributed by atoms with Gasteiger partial charge in [-0.2, -0.15) is 13.2 Å². The van der Waals surface area contributed by atoms with Crippen LogP contribution in [0.4, 0.5) is 13.2 Å². The average Bonchev–Trinajstić information content (AvgIpc) is 2.29. The third kappa shape index (κ3) is 2.93. The molecule has 0 aliphatic carbocycles. The molecule has 0 saturated carbocycles. The second kappa shape index (κ2) is 4.40. The Morgan fingerprint density at radius 3 is 2.59 bits per heavy atom. The standard InChI is InChI=1S/C11H7F3N2O/c12-11(13,14)8-3-5-16-10(6-8)17-9-2-1-4-15-7-9/h1-7H. The Labute approximate surface area is 94.9 Å². The number of nitrogens with zero attached hydrogens (tertiary/aromatic N) is 2. The van der Waals surface area contributed by atoms with Crippen molar-refractivity contribution in [1.29, 1.82) is 0 Å². The molecule has 0 spiro atoms. The van der Waals surface area contributed by atoms with Gasteiger partial charge in [0.15, 0.2) is 0 Å². The fourth-order valence-electron chi connectivity index (χ4n) is 1.17. The van der Waals surface area contributed by atoms with Crippen molar-refractivity contribution in [2.75, 3.05) is 0 Å². The van der Waals surface area contributed by atoms with Crippen molar-refractivity contribution in [3.05, 3.63) is 48.4 Å². The van der Waals surface area contributed by atoms with Crippen LogP contribution in [0.3, 0.4) is 0 Å². The Morgan fingerprint density at radius 1 is 1.12 bits per heavy atom. The van der Waals surface area contributed by atoms with Crippen molar-refractivity contribution in [1.82, 2.24) is 9.97 Å². The normalized spacial score (nSPS) is 11.2. The van der Waals surface area contributed by atoms with Crippen LogP contribution in [-0.2, 0) is 6.18 Å². The molecule has 17 heavy (non-hydrogen) atoms. The highest BCUT2D eigenvalue weighted by molar-refractivity contribution is 5.27. The van der Waals surface area contributed by atoms with E-state index in [1.807, 2.05) is 0 Å². The summed E-state index contributed by atoms with van der Waals surface area (Å²) in [6.45, 7) is 0. The van der Waals surface area contributed by atoms with Gasteiger partial charge < -0.3 is 4.74 Å². The maximum absolute atomic E-state index is 12.4. The summed E-state index contributed by atoms with van der Waals surface area (Å²) in [4.78, 5) is 7.48. The van der Waals surface area contributed by atoms with Gasteiger partial charge in [0.2, 0.25) is 5.88 Å². The van der Waals surface area contributed by atoms with E-state index >= 15 is 0 Å². The van der Waals surface area contributed by atoms with Crippen LogP contribution in [0.15, 0.2) is 42.9 Å². The topological polar surface area (TPSA) is 35.0 Å². The van der Waals surface area contributed by atoms with Gasteiger partial charge in [-0.3, -0.25) is 4.98 Å². The molecule has 6 heteroatoms. The number of hydrogen-bond acceptors (Lipinski definition) is 3. The van der Waals surface area contributed by atoms with Crippen LogP contribution in [0, 0.1) is 0 Å². The van der Waals surface area contributed by atoms with Gasteiger partial charge in [0.05, 0.1) is 11.8 Å². The zero-order chi connectivity index (χ0) is 12.3. The maximum atomic E-state index is 12.4. The summed E-state index contributed by atoms with van der Waals surface area (Å²) in [7, 11) is 0. The Hall–Kier alpha value is -2.11. The fraction of sp³-hybridized carbons (Fsp3) is 0.0909. The predicted molar refractivity (Wildman–Crippen MR) is 53.6 cm³/mol. The van der Waals surface area contributed by atoms with Gasteiger partial charge in [-0.1, -0.05) is 0 Å². The average molecular weight is 240 g/mol. The van der Waals surface area contributed by atoms with E-state index in [2.05, 4.69) is 9.97 Å². The molecule has 0 unspecified atom stereocenters. The van der Waals surface area contributed by atoms with Crippen LogP contribution in [0.5, 0.6) is 11.6 Å². The van der Waals surface area contributed by atoms with Crippen LogP contribution >= 0.6 is 0 Å². The smallest absolute Gasteiger partial charge is 0.416 e. The van der Waals surface area contributed by atoms with Gasteiger partial charge in [0.1, 0.15) is 5.75 Å². The molecule has 0 bridgehead atoms. The Balaban J connectivity index is 2.23. The highest BCUT2D eigenvalue weighted by atomic mass is 19.4. The molecule has 2 rings (SSSR count). The molecule has 2 heterocycles. The summed E-state index contributed by atoms with van der Waals surface area (Å²) < 4.78 is 42.4. The minimum atomic E-state index is -4.41. The van der Waals surface area contributed by atoms with E-state index in [0.717, 1.165) is 18.3 Å². The molecule has 0 amide bonds.